The van der Waals surface area contributed by atoms with E-state index in [1.54, 1.807) is 32.2 Å². The number of methoxy groups -OCH3 is 1. The summed E-state index contributed by atoms with van der Waals surface area (Å²) in [6.45, 7) is 1.77. The summed E-state index contributed by atoms with van der Waals surface area (Å²) < 4.78 is 10.6. The lowest BCUT2D eigenvalue weighted by Gasteiger charge is -2.16. The van der Waals surface area contributed by atoms with Crippen LogP contribution in [0.15, 0.2) is 24.3 Å². The Morgan fingerprint density at radius 2 is 2.06 bits per heavy atom. The molecule has 0 saturated carbocycles. The van der Waals surface area contributed by atoms with Gasteiger partial charge in [-0.1, -0.05) is 12.1 Å². The molecule has 0 aliphatic carbocycles. The van der Waals surface area contributed by atoms with Gasteiger partial charge in [-0.05, 0) is 19.1 Å². The number of aliphatic hydroxyl groups excluding tert-OH is 1. The van der Waals surface area contributed by atoms with Crippen LogP contribution in [0.2, 0.25) is 0 Å². The molecule has 94 valence electrons. The van der Waals surface area contributed by atoms with Gasteiger partial charge >= 0.3 is 0 Å². The minimum Gasteiger partial charge on any atom is -0.493 e. The Bertz CT molecular complexity index is 367. The minimum absolute atomic E-state index is 0.0902. The molecule has 2 N–H and O–H groups in total. The largest absolute Gasteiger partial charge is 0.493 e. The van der Waals surface area contributed by atoms with E-state index in [1.165, 1.54) is 0 Å². The van der Waals surface area contributed by atoms with E-state index >= 15 is 0 Å². The number of hydrogen-bond acceptors (Lipinski definition) is 4. The van der Waals surface area contributed by atoms with Crippen molar-refractivity contribution in [1.82, 2.24) is 5.32 Å². The summed E-state index contributed by atoms with van der Waals surface area (Å²) in [7, 11) is 1.54. The lowest BCUT2D eigenvalue weighted by Crippen LogP contribution is -2.37. The molecule has 0 spiro atoms. The molecule has 5 nitrogen and oxygen atoms in total. The average Bonchev–Trinajstić information content (AvgIpc) is 2.36. The second-order valence-electron chi connectivity index (χ2n) is 3.43. The third-order valence-electron chi connectivity index (χ3n) is 2.15. The van der Waals surface area contributed by atoms with Gasteiger partial charge in [-0.2, -0.15) is 0 Å². The molecule has 1 amide bonds. The van der Waals surface area contributed by atoms with Crippen LogP contribution in [-0.4, -0.2) is 37.4 Å². The number of para-hydroxylation sites is 2. The zero-order valence-electron chi connectivity index (χ0n) is 9.97. The maximum absolute atomic E-state index is 11.5. The average molecular weight is 239 g/mol. The highest BCUT2D eigenvalue weighted by Gasteiger charge is 2.15. The molecule has 0 aliphatic rings. The van der Waals surface area contributed by atoms with Crippen LogP contribution in [-0.2, 0) is 4.79 Å². The summed E-state index contributed by atoms with van der Waals surface area (Å²) in [5, 5.41) is 11.1. The van der Waals surface area contributed by atoms with E-state index in [4.69, 9.17) is 14.6 Å². The molecule has 0 bridgehead atoms. The van der Waals surface area contributed by atoms with Gasteiger partial charge in [-0.25, -0.2) is 0 Å². The number of nitrogens with one attached hydrogen (secondary N) is 1. The number of ether oxygens (including phenoxy) is 2. The van der Waals surface area contributed by atoms with Crippen LogP contribution in [0.5, 0.6) is 11.5 Å². The van der Waals surface area contributed by atoms with Gasteiger partial charge in [0.05, 0.1) is 13.7 Å². The van der Waals surface area contributed by atoms with Gasteiger partial charge in [-0.15, -0.1) is 0 Å². The van der Waals surface area contributed by atoms with Crippen molar-refractivity contribution in [3.05, 3.63) is 24.3 Å². The van der Waals surface area contributed by atoms with Crippen LogP contribution in [0.1, 0.15) is 6.92 Å². The van der Waals surface area contributed by atoms with Crippen molar-refractivity contribution in [2.45, 2.75) is 13.0 Å². The topological polar surface area (TPSA) is 67.8 Å². The fourth-order valence-corrected chi connectivity index (χ4v) is 1.28. The van der Waals surface area contributed by atoms with Gasteiger partial charge < -0.3 is 19.9 Å². The molecule has 17 heavy (non-hydrogen) atoms. The summed E-state index contributed by atoms with van der Waals surface area (Å²) in [6.07, 6.45) is -0.641. The normalized spacial score (nSPS) is 11.7. The van der Waals surface area contributed by atoms with Gasteiger partial charge in [0, 0.05) is 6.54 Å². The quantitative estimate of drug-likeness (QED) is 0.761. The molecule has 0 fully saturated rings. The molecule has 1 aromatic rings. The van der Waals surface area contributed by atoms with E-state index < -0.39 is 6.10 Å². The monoisotopic (exact) mass is 239 g/mol. The molecule has 0 aromatic heterocycles. The number of carbonyl (C=O) groups is 1. The zero-order valence-corrected chi connectivity index (χ0v) is 9.97. The second-order valence-corrected chi connectivity index (χ2v) is 3.43. The molecule has 1 unspecified atom stereocenters. The summed E-state index contributed by atoms with van der Waals surface area (Å²) >= 11 is 0. The number of benzene rings is 1. The van der Waals surface area contributed by atoms with Crippen LogP contribution in [0.25, 0.3) is 0 Å². The van der Waals surface area contributed by atoms with Crippen LogP contribution < -0.4 is 14.8 Å². The summed E-state index contributed by atoms with van der Waals surface area (Å²) in [5.74, 6) is 0.820. The highest BCUT2D eigenvalue weighted by atomic mass is 16.5. The van der Waals surface area contributed by atoms with Gasteiger partial charge in [0.2, 0.25) is 0 Å². The first-order valence-corrected chi connectivity index (χ1v) is 5.37. The van der Waals surface area contributed by atoms with Crippen molar-refractivity contribution >= 4 is 5.91 Å². The Hall–Kier alpha value is -1.75. The molecule has 0 aliphatic heterocycles. The third-order valence-corrected chi connectivity index (χ3v) is 2.15. The Labute approximate surface area is 100 Å². The lowest BCUT2D eigenvalue weighted by molar-refractivity contribution is -0.127. The summed E-state index contributed by atoms with van der Waals surface area (Å²) in [6, 6.07) is 7.11. The Kier molecular flexibility index (Phi) is 5.29. The molecular weight excluding hydrogens is 222 g/mol. The first-order valence-electron chi connectivity index (χ1n) is 5.37. The van der Waals surface area contributed by atoms with Gasteiger partial charge in [0.15, 0.2) is 17.6 Å². The van der Waals surface area contributed by atoms with Crippen molar-refractivity contribution in [2.24, 2.45) is 0 Å². The molecule has 0 heterocycles. The molecule has 1 aromatic carbocycles. The van der Waals surface area contributed by atoms with Crippen molar-refractivity contribution in [1.29, 1.82) is 0 Å². The van der Waals surface area contributed by atoms with E-state index in [2.05, 4.69) is 5.32 Å². The number of amides is 1. The van der Waals surface area contributed by atoms with Crippen LogP contribution in [0.3, 0.4) is 0 Å². The van der Waals surface area contributed by atoms with E-state index in [0.29, 0.717) is 11.5 Å². The van der Waals surface area contributed by atoms with E-state index in [1.807, 2.05) is 6.07 Å². The molecule has 5 heteroatoms. The lowest BCUT2D eigenvalue weighted by atomic mass is 10.3. The first kappa shape index (κ1) is 13.3. The third kappa shape index (κ3) is 3.96. The highest BCUT2D eigenvalue weighted by molar-refractivity contribution is 5.80. The van der Waals surface area contributed by atoms with Crippen molar-refractivity contribution in [3.8, 4) is 11.5 Å². The van der Waals surface area contributed by atoms with Crippen molar-refractivity contribution in [2.75, 3.05) is 20.3 Å². The standard InChI is InChI=1S/C12H17NO4/c1-9(12(15)13-7-8-14)17-11-6-4-3-5-10(11)16-2/h3-6,9,14H,7-8H2,1-2H3,(H,13,15). The van der Waals surface area contributed by atoms with E-state index in [0.717, 1.165) is 0 Å². The Balaban J connectivity index is 2.60. The van der Waals surface area contributed by atoms with Gasteiger partial charge in [0.25, 0.3) is 5.91 Å². The number of rotatable bonds is 6. The predicted octanol–water partition coefficient (Wildman–Crippen LogP) is 0.571. The van der Waals surface area contributed by atoms with Crippen LogP contribution in [0, 0.1) is 0 Å². The molecule has 1 atom stereocenters. The molecule has 0 radical (unpaired) electrons. The maximum Gasteiger partial charge on any atom is 0.260 e. The predicted molar refractivity (Wildman–Crippen MR) is 63.2 cm³/mol. The molecular formula is C12H17NO4. The zero-order chi connectivity index (χ0) is 12.7. The Morgan fingerprint density at radius 1 is 1.41 bits per heavy atom. The number of carbonyl (C=O) groups excluding carboxylic acids is 1. The van der Waals surface area contributed by atoms with Gasteiger partial charge in [0.1, 0.15) is 0 Å². The van der Waals surface area contributed by atoms with Crippen LogP contribution in [0.4, 0.5) is 0 Å². The number of aliphatic hydroxyl groups is 1. The second kappa shape index (κ2) is 6.75. The highest BCUT2D eigenvalue weighted by Crippen LogP contribution is 2.26. The maximum atomic E-state index is 11.5. The Morgan fingerprint density at radius 3 is 2.65 bits per heavy atom. The fraction of sp³-hybridized carbons (Fsp3) is 0.417. The van der Waals surface area contributed by atoms with E-state index in [9.17, 15) is 4.79 Å². The molecule has 0 saturated heterocycles. The van der Waals surface area contributed by atoms with Crippen LogP contribution >= 0.6 is 0 Å². The summed E-state index contributed by atoms with van der Waals surface area (Å²) in [4.78, 5) is 11.5. The smallest absolute Gasteiger partial charge is 0.260 e. The van der Waals surface area contributed by atoms with E-state index in [-0.39, 0.29) is 19.1 Å². The van der Waals surface area contributed by atoms with Gasteiger partial charge in [-0.3, -0.25) is 4.79 Å². The SMILES string of the molecule is COc1ccccc1OC(C)C(=O)NCCO. The fourth-order valence-electron chi connectivity index (χ4n) is 1.28. The minimum atomic E-state index is -0.641. The number of hydrogen-bond donors (Lipinski definition) is 2. The first-order chi connectivity index (χ1) is 8.19. The van der Waals surface area contributed by atoms with Crippen molar-refractivity contribution in [3.63, 3.8) is 0 Å². The summed E-state index contributed by atoms with van der Waals surface area (Å²) in [5.41, 5.74) is 0. The molecule has 1 rings (SSSR count). The van der Waals surface area contributed by atoms with Crippen molar-refractivity contribution < 1.29 is 19.4 Å².